The summed E-state index contributed by atoms with van der Waals surface area (Å²) < 4.78 is 0. The molecular formula is C27H38. The Bertz CT molecular complexity index is 754. The first kappa shape index (κ1) is 20.2. The van der Waals surface area contributed by atoms with Crippen molar-refractivity contribution in [3.8, 4) is 0 Å². The van der Waals surface area contributed by atoms with Crippen LogP contribution in [-0.2, 0) is 12.8 Å². The SMILES string of the molecule is CC(C)(C)C1CCCc2ccccc21.CC(C)(C)C1CCc2ccccc21. The molecule has 0 saturated carbocycles. The van der Waals surface area contributed by atoms with E-state index in [4.69, 9.17) is 0 Å². The van der Waals surface area contributed by atoms with E-state index in [1.807, 2.05) is 0 Å². The van der Waals surface area contributed by atoms with Gasteiger partial charge >= 0.3 is 0 Å². The summed E-state index contributed by atoms with van der Waals surface area (Å²) in [6.45, 7) is 14.1. The van der Waals surface area contributed by atoms with E-state index in [2.05, 4.69) is 90.1 Å². The summed E-state index contributed by atoms with van der Waals surface area (Å²) in [5, 5.41) is 0. The number of benzene rings is 2. The van der Waals surface area contributed by atoms with Crippen molar-refractivity contribution >= 4 is 0 Å². The molecule has 0 N–H and O–H groups in total. The quantitative estimate of drug-likeness (QED) is 0.446. The third-order valence-corrected chi connectivity index (χ3v) is 6.59. The molecule has 2 aliphatic rings. The van der Waals surface area contributed by atoms with Crippen LogP contribution in [-0.4, -0.2) is 0 Å². The van der Waals surface area contributed by atoms with Crippen molar-refractivity contribution in [2.75, 3.05) is 0 Å². The van der Waals surface area contributed by atoms with Crippen molar-refractivity contribution in [1.82, 2.24) is 0 Å². The highest BCUT2D eigenvalue weighted by Gasteiger charge is 2.31. The van der Waals surface area contributed by atoms with E-state index in [1.165, 1.54) is 32.1 Å². The largest absolute Gasteiger partial charge is 0.0620 e. The lowest BCUT2D eigenvalue weighted by atomic mass is 9.69. The third kappa shape index (κ3) is 4.65. The smallest absolute Gasteiger partial charge is 0.0107 e. The molecule has 0 saturated heterocycles. The fourth-order valence-electron chi connectivity index (χ4n) is 5.11. The van der Waals surface area contributed by atoms with Gasteiger partial charge in [0.15, 0.2) is 0 Å². The van der Waals surface area contributed by atoms with Crippen molar-refractivity contribution in [3.63, 3.8) is 0 Å². The van der Waals surface area contributed by atoms with Gasteiger partial charge in [-0.25, -0.2) is 0 Å². The Balaban J connectivity index is 0.000000156. The van der Waals surface area contributed by atoms with Crippen LogP contribution in [0.25, 0.3) is 0 Å². The van der Waals surface area contributed by atoms with Gasteiger partial charge in [0.1, 0.15) is 0 Å². The molecule has 4 rings (SSSR count). The normalized spacial score (nSPS) is 21.7. The van der Waals surface area contributed by atoms with Crippen LogP contribution in [0, 0.1) is 10.8 Å². The molecule has 27 heavy (non-hydrogen) atoms. The lowest BCUT2D eigenvalue weighted by Crippen LogP contribution is -2.22. The van der Waals surface area contributed by atoms with Crippen LogP contribution in [0.4, 0.5) is 0 Å². The zero-order valence-corrected chi connectivity index (χ0v) is 18.3. The second-order valence-electron chi connectivity index (χ2n) is 10.7. The Morgan fingerprint density at radius 2 is 1.04 bits per heavy atom. The van der Waals surface area contributed by atoms with E-state index < -0.39 is 0 Å². The molecule has 0 fully saturated rings. The van der Waals surface area contributed by atoms with Gasteiger partial charge in [0.2, 0.25) is 0 Å². The van der Waals surface area contributed by atoms with Gasteiger partial charge in [0, 0.05) is 0 Å². The molecular weight excluding hydrogens is 324 g/mol. The minimum absolute atomic E-state index is 0.413. The Hall–Kier alpha value is -1.56. The van der Waals surface area contributed by atoms with Gasteiger partial charge < -0.3 is 0 Å². The first-order valence-corrected chi connectivity index (χ1v) is 10.8. The van der Waals surface area contributed by atoms with Gasteiger partial charge in [0.25, 0.3) is 0 Å². The van der Waals surface area contributed by atoms with Crippen LogP contribution in [0.15, 0.2) is 48.5 Å². The number of aryl methyl sites for hydroxylation is 2. The molecule has 2 aliphatic carbocycles. The third-order valence-electron chi connectivity index (χ3n) is 6.59. The van der Waals surface area contributed by atoms with Crippen molar-refractivity contribution in [2.24, 2.45) is 10.8 Å². The molecule has 0 aromatic heterocycles. The van der Waals surface area contributed by atoms with Gasteiger partial charge in [-0.05, 0) is 77.0 Å². The monoisotopic (exact) mass is 362 g/mol. The Labute approximate surface area is 167 Å². The summed E-state index contributed by atoms with van der Waals surface area (Å²) in [6, 6.07) is 17.9. The van der Waals surface area contributed by atoms with Crippen LogP contribution in [0.1, 0.15) is 94.9 Å². The number of fused-ring (bicyclic) bond motifs is 2. The van der Waals surface area contributed by atoms with Crippen LogP contribution in [0.2, 0.25) is 0 Å². The molecule has 0 heterocycles. The second-order valence-corrected chi connectivity index (χ2v) is 10.7. The molecule has 0 spiro atoms. The highest BCUT2D eigenvalue weighted by Crippen LogP contribution is 2.44. The zero-order valence-electron chi connectivity index (χ0n) is 18.3. The second kappa shape index (κ2) is 7.82. The van der Waals surface area contributed by atoms with E-state index >= 15 is 0 Å². The molecule has 0 radical (unpaired) electrons. The van der Waals surface area contributed by atoms with Gasteiger partial charge in [-0.1, -0.05) is 90.1 Å². The number of hydrogen-bond acceptors (Lipinski definition) is 0. The molecule has 0 bridgehead atoms. The topological polar surface area (TPSA) is 0 Å². The lowest BCUT2D eigenvalue weighted by molar-refractivity contribution is 0.289. The van der Waals surface area contributed by atoms with Gasteiger partial charge in [0.05, 0.1) is 0 Å². The molecule has 0 aliphatic heterocycles. The molecule has 0 amide bonds. The number of hydrogen-bond donors (Lipinski definition) is 0. The van der Waals surface area contributed by atoms with Crippen LogP contribution < -0.4 is 0 Å². The summed E-state index contributed by atoms with van der Waals surface area (Å²) in [5.74, 6) is 1.52. The maximum absolute atomic E-state index is 2.36. The molecule has 2 aromatic rings. The first-order valence-electron chi connectivity index (χ1n) is 10.8. The summed E-state index contributed by atoms with van der Waals surface area (Å²) in [6.07, 6.45) is 6.61. The lowest BCUT2D eigenvalue weighted by Gasteiger charge is -2.35. The number of rotatable bonds is 0. The predicted octanol–water partition coefficient (Wildman–Crippen LogP) is 7.92. The van der Waals surface area contributed by atoms with Gasteiger partial charge in [-0.15, -0.1) is 0 Å². The van der Waals surface area contributed by atoms with Crippen molar-refractivity contribution in [3.05, 3.63) is 70.8 Å². The molecule has 0 heteroatoms. The predicted molar refractivity (Wildman–Crippen MR) is 119 cm³/mol. The molecule has 146 valence electrons. The van der Waals surface area contributed by atoms with Crippen molar-refractivity contribution in [1.29, 1.82) is 0 Å². The van der Waals surface area contributed by atoms with Gasteiger partial charge in [-0.3, -0.25) is 0 Å². The molecule has 2 unspecified atom stereocenters. The maximum Gasteiger partial charge on any atom is -0.0107 e. The van der Waals surface area contributed by atoms with E-state index in [9.17, 15) is 0 Å². The van der Waals surface area contributed by atoms with Crippen LogP contribution >= 0.6 is 0 Å². The fourth-order valence-corrected chi connectivity index (χ4v) is 5.11. The van der Waals surface area contributed by atoms with Crippen molar-refractivity contribution < 1.29 is 0 Å². The average molecular weight is 363 g/mol. The highest BCUT2D eigenvalue weighted by atomic mass is 14.4. The fraction of sp³-hybridized carbons (Fsp3) is 0.556. The van der Waals surface area contributed by atoms with Gasteiger partial charge in [-0.2, -0.15) is 0 Å². The molecule has 2 aromatic carbocycles. The summed E-state index contributed by atoms with van der Waals surface area (Å²) >= 11 is 0. The summed E-state index contributed by atoms with van der Waals surface area (Å²) in [7, 11) is 0. The Kier molecular flexibility index (Phi) is 5.84. The van der Waals surface area contributed by atoms with E-state index in [1.54, 1.807) is 22.3 Å². The van der Waals surface area contributed by atoms with Crippen LogP contribution in [0.5, 0.6) is 0 Å². The first-order chi connectivity index (χ1) is 12.7. The van der Waals surface area contributed by atoms with Crippen molar-refractivity contribution in [2.45, 2.75) is 85.5 Å². The molecule has 0 nitrogen and oxygen atoms in total. The minimum Gasteiger partial charge on any atom is -0.0620 e. The summed E-state index contributed by atoms with van der Waals surface area (Å²) in [4.78, 5) is 0. The standard InChI is InChI=1S/C14H20.C13H18/c1-14(2,3)13-10-6-8-11-7-4-5-9-12(11)13;1-13(2,3)12-9-8-10-6-4-5-7-11(10)12/h4-5,7,9,13H,6,8,10H2,1-3H3;4-7,12H,8-9H2,1-3H3. The highest BCUT2D eigenvalue weighted by molar-refractivity contribution is 5.36. The molecule has 2 atom stereocenters. The van der Waals surface area contributed by atoms with E-state index in [-0.39, 0.29) is 0 Å². The summed E-state index contributed by atoms with van der Waals surface area (Å²) in [5.41, 5.74) is 7.19. The minimum atomic E-state index is 0.413. The zero-order chi connectivity index (χ0) is 19.7. The van der Waals surface area contributed by atoms with E-state index in [0.29, 0.717) is 10.8 Å². The Morgan fingerprint density at radius 1 is 0.593 bits per heavy atom. The van der Waals surface area contributed by atoms with E-state index in [0.717, 1.165) is 11.8 Å². The Morgan fingerprint density at radius 3 is 1.56 bits per heavy atom. The average Bonchev–Trinajstić information content (AvgIpc) is 3.05. The van der Waals surface area contributed by atoms with Crippen LogP contribution in [0.3, 0.4) is 0 Å². The maximum atomic E-state index is 2.36.